The zero-order valence-corrected chi connectivity index (χ0v) is 15.0. The van der Waals surface area contributed by atoms with E-state index in [9.17, 15) is 4.79 Å². The Morgan fingerprint density at radius 2 is 1.91 bits per heavy atom. The van der Waals surface area contributed by atoms with Gasteiger partial charge in [-0.1, -0.05) is 60.1 Å². The van der Waals surface area contributed by atoms with Gasteiger partial charge in [-0.05, 0) is 19.1 Å². The molecule has 0 radical (unpaired) electrons. The molecule has 1 aromatic rings. The second-order valence-corrected chi connectivity index (χ2v) is 7.46. The Morgan fingerprint density at radius 3 is 2.45 bits per heavy atom. The summed E-state index contributed by atoms with van der Waals surface area (Å²) < 4.78 is -1.06. The third-order valence-electron chi connectivity index (χ3n) is 3.41. The SMILES string of the molecule is CC(=NOc1ccccc1)C1(Br)C(=O)N(C)N=C1C(C)(C)C. The van der Waals surface area contributed by atoms with Crippen LogP contribution in [0, 0.1) is 5.41 Å². The van der Waals surface area contributed by atoms with Crippen LogP contribution < -0.4 is 4.84 Å². The van der Waals surface area contributed by atoms with Gasteiger partial charge in [-0.25, -0.2) is 5.01 Å². The maximum absolute atomic E-state index is 12.6. The van der Waals surface area contributed by atoms with Gasteiger partial charge < -0.3 is 4.84 Å². The highest BCUT2D eigenvalue weighted by atomic mass is 79.9. The molecule has 1 aliphatic heterocycles. The number of amides is 1. The van der Waals surface area contributed by atoms with Crippen LogP contribution in [0.3, 0.4) is 0 Å². The van der Waals surface area contributed by atoms with E-state index in [1.807, 2.05) is 39.0 Å². The zero-order valence-electron chi connectivity index (χ0n) is 13.4. The van der Waals surface area contributed by atoms with Gasteiger partial charge in [-0.15, -0.1) is 0 Å². The van der Waals surface area contributed by atoms with E-state index in [4.69, 9.17) is 4.84 Å². The first-order valence-electron chi connectivity index (χ1n) is 7.01. The standard InChI is InChI=1S/C16H20BrN3O2/c1-11(19-22-12-9-7-6-8-10-12)16(17)13(15(2,3)4)18-20(5)14(16)21/h6-10H,1-5H3. The topological polar surface area (TPSA) is 54.3 Å². The van der Waals surface area contributed by atoms with Crippen LogP contribution in [0.25, 0.3) is 0 Å². The molecule has 0 bridgehead atoms. The Bertz CT molecular complexity index is 635. The van der Waals surface area contributed by atoms with E-state index in [2.05, 4.69) is 26.2 Å². The minimum Gasteiger partial charge on any atom is -0.357 e. The summed E-state index contributed by atoms with van der Waals surface area (Å²) in [4.78, 5) is 18.0. The molecule has 0 saturated heterocycles. The fourth-order valence-corrected chi connectivity index (χ4v) is 3.25. The maximum atomic E-state index is 12.6. The number of halogens is 1. The van der Waals surface area contributed by atoms with Crippen LogP contribution in [0.4, 0.5) is 0 Å². The van der Waals surface area contributed by atoms with Crippen molar-refractivity contribution in [3.05, 3.63) is 30.3 Å². The summed E-state index contributed by atoms with van der Waals surface area (Å²) in [5, 5.41) is 9.87. The number of hydrogen-bond acceptors (Lipinski definition) is 4. The largest absolute Gasteiger partial charge is 0.357 e. The van der Waals surface area contributed by atoms with Gasteiger partial charge in [0.2, 0.25) is 0 Å². The predicted octanol–water partition coefficient (Wildman–Crippen LogP) is 3.45. The zero-order chi connectivity index (χ0) is 16.5. The van der Waals surface area contributed by atoms with Crippen molar-refractivity contribution >= 4 is 33.3 Å². The third-order valence-corrected chi connectivity index (χ3v) is 4.69. The molecule has 0 aromatic heterocycles. The van der Waals surface area contributed by atoms with Crippen molar-refractivity contribution in [2.45, 2.75) is 32.0 Å². The van der Waals surface area contributed by atoms with Gasteiger partial charge in [0, 0.05) is 12.5 Å². The quantitative estimate of drug-likeness (QED) is 0.467. The minimum atomic E-state index is -1.06. The molecule has 1 atom stereocenters. The average Bonchev–Trinajstić information content (AvgIpc) is 2.71. The summed E-state index contributed by atoms with van der Waals surface area (Å²) in [5.41, 5.74) is 0.942. The molecule has 0 aliphatic carbocycles. The van der Waals surface area contributed by atoms with Crippen LogP contribution in [-0.4, -0.2) is 33.7 Å². The van der Waals surface area contributed by atoms with Crippen LogP contribution >= 0.6 is 15.9 Å². The Balaban J connectivity index is 2.35. The highest BCUT2D eigenvalue weighted by Gasteiger charge is 2.54. The van der Waals surface area contributed by atoms with Gasteiger partial charge in [-0.2, -0.15) is 5.10 Å². The van der Waals surface area contributed by atoms with Crippen LogP contribution in [0.5, 0.6) is 5.75 Å². The number of alkyl halides is 1. The molecule has 22 heavy (non-hydrogen) atoms. The normalized spacial score (nSPS) is 22.8. The summed E-state index contributed by atoms with van der Waals surface area (Å²) in [5.74, 6) is 0.446. The number of carbonyl (C=O) groups excluding carboxylic acids is 1. The van der Waals surface area contributed by atoms with E-state index in [-0.39, 0.29) is 11.3 Å². The average molecular weight is 366 g/mol. The van der Waals surface area contributed by atoms with E-state index in [1.54, 1.807) is 26.1 Å². The molecule has 0 saturated carbocycles. The lowest BCUT2D eigenvalue weighted by atomic mass is 9.80. The molecule has 0 N–H and O–H groups in total. The molecular weight excluding hydrogens is 346 g/mol. The fourth-order valence-electron chi connectivity index (χ4n) is 2.25. The number of para-hydroxylation sites is 1. The number of oxime groups is 1. The maximum Gasteiger partial charge on any atom is 0.271 e. The summed E-state index contributed by atoms with van der Waals surface area (Å²) in [6, 6.07) is 9.23. The lowest BCUT2D eigenvalue weighted by Gasteiger charge is -2.28. The van der Waals surface area contributed by atoms with Gasteiger partial charge >= 0.3 is 0 Å². The van der Waals surface area contributed by atoms with Crippen molar-refractivity contribution in [1.29, 1.82) is 0 Å². The first-order chi connectivity index (χ1) is 10.2. The van der Waals surface area contributed by atoms with E-state index in [0.717, 1.165) is 0 Å². The number of carbonyl (C=O) groups is 1. The molecule has 1 amide bonds. The number of rotatable bonds is 3. The molecule has 5 nitrogen and oxygen atoms in total. The second-order valence-electron chi connectivity index (χ2n) is 6.27. The molecule has 0 spiro atoms. The third kappa shape index (κ3) is 2.92. The summed E-state index contributed by atoms with van der Waals surface area (Å²) in [7, 11) is 1.64. The molecule has 0 fully saturated rings. The van der Waals surface area contributed by atoms with Crippen LogP contribution in [0.15, 0.2) is 40.6 Å². The summed E-state index contributed by atoms with van der Waals surface area (Å²) in [6.45, 7) is 7.80. The first-order valence-corrected chi connectivity index (χ1v) is 7.80. The summed E-state index contributed by atoms with van der Waals surface area (Å²) in [6.07, 6.45) is 0. The van der Waals surface area contributed by atoms with Crippen molar-refractivity contribution in [2.24, 2.45) is 15.7 Å². The van der Waals surface area contributed by atoms with Gasteiger partial charge in [-0.3, -0.25) is 4.79 Å². The van der Waals surface area contributed by atoms with Crippen molar-refractivity contribution in [3.8, 4) is 5.75 Å². The monoisotopic (exact) mass is 365 g/mol. The van der Waals surface area contributed by atoms with Crippen LogP contribution in [0.2, 0.25) is 0 Å². The predicted molar refractivity (Wildman–Crippen MR) is 91.5 cm³/mol. The van der Waals surface area contributed by atoms with Gasteiger partial charge in [0.05, 0.1) is 11.4 Å². The molecular formula is C16H20BrN3O2. The van der Waals surface area contributed by atoms with E-state index in [0.29, 0.717) is 17.2 Å². The Labute approximate surface area is 139 Å². The summed E-state index contributed by atoms with van der Waals surface area (Å²) >= 11 is 3.56. The van der Waals surface area contributed by atoms with Crippen LogP contribution in [0.1, 0.15) is 27.7 Å². The van der Waals surface area contributed by atoms with Crippen molar-refractivity contribution < 1.29 is 9.63 Å². The smallest absolute Gasteiger partial charge is 0.271 e. The minimum absolute atomic E-state index is 0.171. The van der Waals surface area contributed by atoms with Crippen LogP contribution in [-0.2, 0) is 4.79 Å². The van der Waals surface area contributed by atoms with Gasteiger partial charge in [0.25, 0.3) is 5.91 Å². The first kappa shape index (κ1) is 16.7. The lowest BCUT2D eigenvalue weighted by Crippen LogP contribution is -2.50. The fraction of sp³-hybridized carbons (Fsp3) is 0.438. The number of hydrogen-bond donors (Lipinski definition) is 0. The highest BCUT2D eigenvalue weighted by Crippen LogP contribution is 2.38. The second kappa shape index (κ2) is 5.83. The molecule has 1 aromatic carbocycles. The van der Waals surface area contributed by atoms with Crippen molar-refractivity contribution in [1.82, 2.24) is 5.01 Å². The number of hydrazone groups is 1. The van der Waals surface area contributed by atoms with Gasteiger partial charge in [0.1, 0.15) is 0 Å². The Kier molecular flexibility index (Phi) is 4.42. The van der Waals surface area contributed by atoms with Crippen molar-refractivity contribution in [2.75, 3.05) is 7.05 Å². The lowest BCUT2D eigenvalue weighted by molar-refractivity contribution is -0.127. The van der Waals surface area contributed by atoms with E-state index in [1.165, 1.54) is 5.01 Å². The molecule has 118 valence electrons. The molecule has 1 unspecified atom stereocenters. The van der Waals surface area contributed by atoms with E-state index >= 15 is 0 Å². The molecule has 1 heterocycles. The molecule has 6 heteroatoms. The molecule has 2 rings (SSSR count). The van der Waals surface area contributed by atoms with Crippen molar-refractivity contribution in [3.63, 3.8) is 0 Å². The Morgan fingerprint density at radius 1 is 1.32 bits per heavy atom. The number of benzene rings is 1. The highest BCUT2D eigenvalue weighted by molar-refractivity contribution is 9.11. The van der Waals surface area contributed by atoms with Gasteiger partial charge in [0.15, 0.2) is 10.1 Å². The molecule has 1 aliphatic rings. The Hall–Kier alpha value is -1.69. The number of nitrogens with zero attached hydrogens (tertiary/aromatic N) is 3. The van der Waals surface area contributed by atoms with E-state index < -0.39 is 4.32 Å².